The smallest absolute Gasteiger partial charge is 0.224 e. The highest BCUT2D eigenvalue weighted by molar-refractivity contribution is 5.85. The third-order valence-corrected chi connectivity index (χ3v) is 2.86. The Morgan fingerprint density at radius 3 is 2.94 bits per heavy atom. The third-order valence-electron chi connectivity index (χ3n) is 2.86. The van der Waals surface area contributed by atoms with Gasteiger partial charge < -0.3 is 10.6 Å². The van der Waals surface area contributed by atoms with Gasteiger partial charge in [0.25, 0.3) is 0 Å². The standard InChI is InChI=1S/C12H17N3O.2ClH/c16-12(11-4-2-6-14-9-11)15-8-10-3-1-5-13-7-10;;/h1,3,5,7,11,14H,2,4,6,8-9H2,(H,15,16);2*1H/t11-;;/m1../s1. The van der Waals surface area contributed by atoms with Crippen LogP contribution in [0.1, 0.15) is 18.4 Å². The van der Waals surface area contributed by atoms with Gasteiger partial charge in [-0.05, 0) is 31.0 Å². The number of carbonyl (C=O) groups excluding carboxylic acids is 1. The number of aromatic nitrogens is 1. The zero-order valence-corrected chi connectivity index (χ0v) is 11.7. The monoisotopic (exact) mass is 291 g/mol. The molecule has 18 heavy (non-hydrogen) atoms. The molecule has 2 heterocycles. The molecule has 6 heteroatoms. The van der Waals surface area contributed by atoms with E-state index >= 15 is 0 Å². The summed E-state index contributed by atoms with van der Waals surface area (Å²) in [5.74, 6) is 0.279. The molecule has 1 aliphatic rings. The maximum absolute atomic E-state index is 11.8. The molecule has 1 amide bonds. The second kappa shape index (κ2) is 9.14. The van der Waals surface area contributed by atoms with Crippen molar-refractivity contribution in [1.82, 2.24) is 15.6 Å². The lowest BCUT2D eigenvalue weighted by Crippen LogP contribution is -2.40. The van der Waals surface area contributed by atoms with E-state index in [1.165, 1.54) is 0 Å². The Bertz CT molecular complexity index is 342. The normalized spacial score (nSPS) is 18.1. The van der Waals surface area contributed by atoms with Crippen LogP contribution in [-0.2, 0) is 11.3 Å². The molecule has 1 saturated heterocycles. The first kappa shape index (κ1) is 17.2. The van der Waals surface area contributed by atoms with Crippen LogP contribution in [0.25, 0.3) is 0 Å². The SMILES string of the molecule is Cl.Cl.O=C(NCc1cccnc1)[C@@H]1CCCNC1. The summed E-state index contributed by atoms with van der Waals surface area (Å²) in [6.45, 7) is 2.41. The van der Waals surface area contributed by atoms with Crippen molar-refractivity contribution >= 4 is 30.7 Å². The van der Waals surface area contributed by atoms with Crippen molar-refractivity contribution in [2.75, 3.05) is 13.1 Å². The Kier molecular flexibility index (Phi) is 8.71. The van der Waals surface area contributed by atoms with Crippen LogP contribution in [0.15, 0.2) is 24.5 Å². The van der Waals surface area contributed by atoms with E-state index in [2.05, 4.69) is 15.6 Å². The third kappa shape index (κ3) is 5.21. The van der Waals surface area contributed by atoms with Crippen molar-refractivity contribution in [3.05, 3.63) is 30.1 Å². The van der Waals surface area contributed by atoms with E-state index in [0.29, 0.717) is 6.54 Å². The van der Waals surface area contributed by atoms with Crippen molar-refractivity contribution < 1.29 is 4.79 Å². The number of carbonyl (C=O) groups is 1. The summed E-state index contributed by atoms with van der Waals surface area (Å²) < 4.78 is 0. The molecule has 4 nitrogen and oxygen atoms in total. The minimum atomic E-state index is 0. The van der Waals surface area contributed by atoms with Gasteiger partial charge in [-0.2, -0.15) is 0 Å². The van der Waals surface area contributed by atoms with Gasteiger partial charge in [-0.3, -0.25) is 9.78 Å². The van der Waals surface area contributed by atoms with Gasteiger partial charge in [-0.25, -0.2) is 0 Å². The minimum absolute atomic E-state index is 0. The summed E-state index contributed by atoms with van der Waals surface area (Å²) in [6, 6.07) is 3.84. The fraction of sp³-hybridized carbons (Fsp3) is 0.500. The lowest BCUT2D eigenvalue weighted by Gasteiger charge is -2.21. The molecule has 102 valence electrons. The van der Waals surface area contributed by atoms with Crippen LogP contribution in [0.3, 0.4) is 0 Å². The van der Waals surface area contributed by atoms with Crippen LogP contribution < -0.4 is 10.6 Å². The topological polar surface area (TPSA) is 54.0 Å². The number of nitrogens with one attached hydrogen (secondary N) is 2. The second-order valence-electron chi connectivity index (χ2n) is 4.12. The number of hydrogen-bond donors (Lipinski definition) is 2. The number of halogens is 2. The molecule has 2 N–H and O–H groups in total. The quantitative estimate of drug-likeness (QED) is 0.888. The average molecular weight is 292 g/mol. The molecule has 0 spiro atoms. The molecule has 0 bridgehead atoms. The highest BCUT2D eigenvalue weighted by atomic mass is 35.5. The Labute approximate surface area is 120 Å². The van der Waals surface area contributed by atoms with Crippen LogP contribution in [-0.4, -0.2) is 24.0 Å². The first-order chi connectivity index (χ1) is 7.86. The number of nitrogens with zero attached hydrogens (tertiary/aromatic N) is 1. The predicted octanol–water partition coefficient (Wildman–Crippen LogP) is 1.54. The summed E-state index contributed by atoms with van der Waals surface area (Å²) in [4.78, 5) is 15.8. The zero-order valence-electron chi connectivity index (χ0n) is 10.1. The van der Waals surface area contributed by atoms with Crippen molar-refractivity contribution in [2.45, 2.75) is 19.4 Å². The van der Waals surface area contributed by atoms with Crippen LogP contribution in [0.2, 0.25) is 0 Å². The van der Waals surface area contributed by atoms with Crippen molar-refractivity contribution in [2.24, 2.45) is 5.92 Å². The van der Waals surface area contributed by atoms with Gasteiger partial charge in [0.15, 0.2) is 0 Å². The van der Waals surface area contributed by atoms with E-state index < -0.39 is 0 Å². The maximum atomic E-state index is 11.8. The van der Waals surface area contributed by atoms with Crippen LogP contribution >= 0.6 is 24.8 Å². The minimum Gasteiger partial charge on any atom is -0.352 e. The molecule has 0 aromatic carbocycles. The van der Waals surface area contributed by atoms with Crippen LogP contribution in [0.4, 0.5) is 0 Å². The molecule has 1 fully saturated rings. The van der Waals surface area contributed by atoms with E-state index in [-0.39, 0.29) is 36.6 Å². The molecule has 0 saturated carbocycles. The van der Waals surface area contributed by atoms with E-state index in [4.69, 9.17) is 0 Å². The van der Waals surface area contributed by atoms with Gasteiger partial charge in [-0.15, -0.1) is 24.8 Å². The molecule has 1 aromatic rings. The van der Waals surface area contributed by atoms with Crippen molar-refractivity contribution in [1.29, 1.82) is 0 Å². The Balaban J connectivity index is 0.00000144. The maximum Gasteiger partial charge on any atom is 0.224 e. The molecule has 2 rings (SSSR count). The van der Waals surface area contributed by atoms with Gasteiger partial charge in [0.1, 0.15) is 0 Å². The van der Waals surface area contributed by atoms with E-state index in [9.17, 15) is 4.79 Å². The number of pyridine rings is 1. The number of amides is 1. The lowest BCUT2D eigenvalue weighted by atomic mass is 9.99. The largest absolute Gasteiger partial charge is 0.352 e. The van der Waals surface area contributed by atoms with Crippen LogP contribution in [0, 0.1) is 5.92 Å². The number of piperidine rings is 1. The molecule has 0 unspecified atom stereocenters. The number of rotatable bonds is 3. The predicted molar refractivity (Wildman–Crippen MR) is 76.2 cm³/mol. The molecule has 0 radical (unpaired) electrons. The molecule has 1 atom stereocenters. The molecular formula is C12H19Cl2N3O. The average Bonchev–Trinajstić information content (AvgIpc) is 2.38. The van der Waals surface area contributed by atoms with Gasteiger partial charge in [0.2, 0.25) is 5.91 Å². The summed E-state index contributed by atoms with van der Waals surface area (Å²) in [5, 5.41) is 6.19. The van der Waals surface area contributed by atoms with Gasteiger partial charge >= 0.3 is 0 Å². The van der Waals surface area contributed by atoms with Gasteiger partial charge in [0.05, 0.1) is 5.92 Å². The molecular weight excluding hydrogens is 273 g/mol. The van der Waals surface area contributed by atoms with Gasteiger partial charge in [-0.1, -0.05) is 6.07 Å². The fourth-order valence-corrected chi connectivity index (χ4v) is 1.91. The van der Waals surface area contributed by atoms with Crippen molar-refractivity contribution in [3.8, 4) is 0 Å². The Hall–Kier alpha value is -0.840. The summed E-state index contributed by atoms with van der Waals surface area (Å²) in [7, 11) is 0. The van der Waals surface area contributed by atoms with E-state index in [1.54, 1.807) is 12.4 Å². The molecule has 1 aromatic heterocycles. The number of hydrogen-bond acceptors (Lipinski definition) is 3. The molecule has 1 aliphatic heterocycles. The van der Waals surface area contributed by atoms with E-state index in [0.717, 1.165) is 31.5 Å². The Morgan fingerprint density at radius 1 is 1.50 bits per heavy atom. The lowest BCUT2D eigenvalue weighted by molar-refractivity contribution is -0.125. The highest BCUT2D eigenvalue weighted by Gasteiger charge is 2.20. The summed E-state index contributed by atoms with van der Waals surface area (Å²) >= 11 is 0. The fourth-order valence-electron chi connectivity index (χ4n) is 1.91. The first-order valence-electron chi connectivity index (χ1n) is 5.73. The highest BCUT2D eigenvalue weighted by Crippen LogP contribution is 2.09. The van der Waals surface area contributed by atoms with Gasteiger partial charge in [0, 0.05) is 25.5 Å². The summed E-state index contributed by atoms with van der Waals surface area (Å²) in [6.07, 6.45) is 5.59. The van der Waals surface area contributed by atoms with Crippen LogP contribution in [0.5, 0.6) is 0 Å². The summed E-state index contributed by atoms with van der Waals surface area (Å²) in [5.41, 5.74) is 1.04. The van der Waals surface area contributed by atoms with E-state index in [1.807, 2.05) is 12.1 Å². The second-order valence-corrected chi connectivity index (χ2v) is 4.12. The Morgan fingerprint density at radius 2 is 2.33 bits per heavy atom. The first-order valence-corrected chi connectivity index (χ1v) is 5.73. The van der Waals surface area contributed by atoms with Crippen molar-refractivity contribution in [3.63, 3.8) is 0 Å². The molecule has 0 aliphatic carbocycles. The zero-order chi connectivity index (χ0) is 11.2.